The van der Waals surface area contributed by atoms with Crippen LogP contribution in [-0.4, -0.2) is 17.6 Å². The van der Waals surface area contributed by atoms with Crippen molar-refractivity contribution >= 4 is 5.97 Å². The number of halogens is 3. The zero-order valence-corrected chi connectivity index (χ0v) is 11.5. The van der Waals surface area contributed by atoms with E-state index in [1.54, 1.807) is 31.2 Å². The van der Waals surface area contributed by atoms with Gasteiger partial charge in [-0.3, -0.25) is 0 Å². The molecule has 2 aromatic rings. The highest BCUT2D eigenvalue weighted by Gasteiger charge is 2.37. The van der Waals surface area contributed by atoms with Gasteiger partial charge in [0, 0.05) is 11.8 Å². The molecule has 1 N–H and O–H groups in total. The van der Waals surface area contributed by atoms with Crippen molar-refractivity contribution in [1.82, 2.24) is 4.98 Å². The van der Waals surface area contributed by atoms with E-state index in [0.29, 0.717) is 5.56 Å². The van der Waals surface area contributed by atoms with Gasteiger partial charge in [-0.05, 0) is 19.4 Å². The fraction of sp³-hybridized carbons (Fsp3) is 0.267. The second-order valence-electron chi connectivity index (χ2n) is 4.54. The fourth-order valence-electron chi connectivity index (χ4n) is 2.03. The lowest BCUT2D eigenvalue weighted by molar-refractivity contribution is -0.137. The highest BCUT2D eigenvalue weighted by molar-refractivity contribution is 5.96. The number of esters is 1. The lowest BCUT2D eigenvalue weighted by Gasteiger charge is -2.10. The van der Waals surface area contributed by atoms with E-state index in [1.807, 2.05) is 6.92 Å². The quantitative estimate of drug-likeness (QED) is 0.863. The van der Waals surface area contributed by atoms with Crippen LogP contribution < -0.4 is 0 Å². The second kappa shape index (κ2) is 5.63. The maximum Gasteiger partial charge on any atom is 0.418 e. The van der Waals surface area contributed by atoms with Gasteiger partial charge in [0.25, 0.3) is 0 Å². The molecule has 1 heterocycles. The Balaban J connectivity index is 2.61. The molecule has 112 valence electrons. The highest BCUT2D eigenvalue weighted by Crippen LogP contribution is 2.39. The summed E-state index contributed by atoms with van der Waals surface area (Å²) >= 11 is 0. The monoisotopic (exact) mass is 297 g/mol. The molecule has 0 unspecified atom stereocenters. The third kappa shape index (κ3) is 3.09. The van der Waals surface area contributed by atoms with Crippen LogP contribution in [0.1, 0.15) is 28.5 Å². The first-order valence-corrected chi connectivity index (χ1v) is 6.37. The first kappa shape index (κ1) is 15.2. The number of alkyl halides is 3. The van der Waals surface area contributed by atoms with Crippen LogP contribution in [0.5, 0.6) is 0 Å². The van der Waals surface area contributed by atoms with Crippen LogP contribution in [-0.2, 0) is 10.9 Å². The van der Waals surface area contributed by atoms with Crippen molar-refractivity contribution in [3.05, 3.63) is 47.3 Å². The molecular formula is C15H14F3NO2. The average Bonchev–Trinajstić information content (AvgIpc) is 2.84. The van der Waals surface area contributed by atoms with Crippen LogP contribution in [0.3, 0.4) is 0 Å². The Morgan fingerprint density at radius 2 is 1.86 bits per heavy atom. The zero-order chi connectivity index (χ0) is 15.6. The SMILES string of the molecule is CCOC(=O)c1[nH]cc(C(F)(F)F)c1-c1ccc(C)cc1. The van der Waals surface area contributed by atoms with E-state index >= 15 is 0 Å². The standard InChI is InChI=1S/C15H14F3NO2/c1-3-21-14(20)13-12(10-6-4-9(2)5-7-10)11(8-19-13)15(16,17)18/h4-8,19H,3H2,1-2H3. The molecule has 6 heteroatoms. The van der Waals surface area contributed by atoms with Crippen LogP contribution in [0.15, 0.2) is 30.5 Å². The molecule has 0 spiro atoms. The van der Waals surface area contributed by atoms with Gasteiger partial charge in [-0.25, -0.2) is 4.79 Å². The number of benzene rings is 1. The van der Waals surface area contributed by atoms with Crippen LogP contribution in [0.25, 0.3) is 11.1 Å². The summed E-state index contributed by atoms with van der Waals surface area (Å²) in [7, 11) is 0. The third-order valence-electron chi connectivity index (χ3n) is 3.01. The summed E-state index contributed by atoms with van der Waals surface area (Å²) in [5.41, 5.74) is -0.0128. The summed E-state index contributed by atoms with van der Waals surface area (Å²) in [5, 5.41) is 0. The van der Waals surface area contributed by atoms with Crippen molar-refractivity contribution in [1.29, 1.82) is 0 Å². The van der Waals surface area contributed by atoms with Crippen molar-refractivity contribution in [3.8, 4) is 11.1 Å². The normalized spacial score (nSPS) is 11.5. The average molecular weight is 297 g/mol. The molecule has 3 nitrogen and oxygen atoms in total. The Hall–Kier alpha value is -2.24. The van der Waals surface area contributed by atoms with Crippen LogP contribution in [0, 0.1) is 6.92 Å². The Morgan fingerprint density at radius 3 is 2.38 bits per heavy atom. The maximum atomic E-state index is 13.1. The molecule has 0 saturated heterocycles. The molecule has 21 heavy (non-hydrogen) atoms. The van der Waals surface area contributed by atoms with Crippen molar-refractivity contribution in [2.24, 2.45) is 0 Å². The zero-order valence-electron chi connectivity index (χ0n) is 11.5. The minimum absolute atomic E-state index is 0.0898. The number of H-pyrrole nitrogens is 1. The van der Waals surface area contributed by atoms with Gasteiger partial charge in [0.1, 0.15) is 5.69 Å². The second-order valence-corrected chi connectivity index (χ2v) is 4.54. The molecule has 0 bridgehead atoms. The molecule has 0 aliphatic rings. The first-order valence-electron chi connectivity index (χ1n) is 6.37. The van der Waals surface area contributed by atoms with Crippen LogP contribution in [0.2, 0.25) is 0 Å². The van der Waals surface area contributed by atoms with Gasteiger partial charge in [0.15, 0.2) is 0 Å². The van der Waals surface area contributed by atoms with Gasteiger partial charge < -0.3 is 9.72 Å². The van der Waals surface area contributed by atoms with Crippen molar-refractivity contribution < 1.29 is 22.7 Å². The molecule has 0 aliphatic heterocycles. The number of carbonyl (C=O) groups excluding carboxylic acids is 1. The predicted octanol–water partition coefficient (Wildman–Crippen LogP) is 4.19. The summed E-state index contributed by atoms with van der Waals surface area (Å²) in [4.78, 5) is 14.2. The predicted molar refractivity (Wildman–Crippen MR) is 71.9 cm³/mol. The van der Waals surface area contributed by atoms with E-state index in [4.69, 9.17) is 4.74 Å². The summed E-state index contributed by atoms with van der Waals surface area (Å²) in [5.74, 6) is -0.802. The minimum atomic E-state index is -4.55. The number of hydrogen-bond donors (Lipinski definition) is 1. The summed E-state index contributed by atoms with van der Waals surface area (Å²) in [6.45, 7) is 3.52. The Kier molecular flexibility index (Phi) is 4.06. The molecule has 0 saturated carbocycles. The van der Waals surface area contributed by atoms with Crippen molar-refractivity contribution in [2.75, 3.05) is 6.61 Å². The van der Waals surface area contributed by atoms with Gasteiger partial charge in [0.05, 0.1) is 12.2 Å². The molecular weight excluding hydrogens is 283 g/mol. The maximum absolute atomic E-state index is 13.1. The van der Waals surface area contributed by atoms with E-state index < -0.39 is 17.7 Å². The number of carbonyl (C=O) groups is 1. The van der Waals surface area contributed by atoms with E-state index in [0.717, 1.165) is 11.8 Å². The molecule has 0 fully saturated rings. The molecule has 1 aromatic heterocycles. The molecule has 2 rings (SSSR count). The summed E-state index contributed by atoms with van der Waals surface area (Å²) < 4.78 is 44.1. The van der Waals surface area contributed by atoms with E-state index in [1.165, 1.54) is 0 Å². The summed E-state index contributed by atoms with van der Waals surface area (Å²) in [6, 6.07) is 6.49. The first-order chi connectivity index (χ1) is 9.84. The number of nitrogens with one attached hydrogen (secondary N) is 1. The van der Waals surface area contributed by atoms with Crippen LogP contribution >= 0.6 is 0 Å². The molecule has 0 radical (unpaired) electrons. The van der Waals surface area contributed by atoms with Gasteiger partial charge >= 0.3 is 12.1 Å². The lowest BCUT2D eigenvalue weighted by Crippen LogP contribution is -2.09. The van der Waals surface area contributed by atoms with Crippen molar-refractivity contribution in [3.63, 3.8) is 0 Å². The summed E-state index contributed by atoms with van der Waals surface area (Å²) in [6.07, 6.45) is -3.76. The lowest BCUT2D eigenvalue weighted by atomic mass is 10.00. The fourth-order valence-corrected chi connectivity index (χ4v) is 2.03. The van der Waals surface area contributed by atoms with Crippen LogP contribution in [0.4, 0.5) is 13.2 Å². The Labute approximate surface area is 119 Å². The third-order valence-corrected chi connectivity index (χ3v) is 3.01. The molecule has 0 amide bonds. The molecule has 0 atom stereocenters. The van der Waals surface area contributed by atoms with Crippen molar-refractivity contribution in [2.45, 2.75) is 20.0 Å². The number of aromatic nitrogens is 1. The number of aromatic amines is 1. The Bertz CT molecular complexity index is 642. The smallest absolute Gasteiger partial charge is 0.418 e. The number of hydrogen-bond acceptors (Lipinski definition) is 2. The van der Waals surface area contributed by atoms with E-state index in [9.17, 15) is 18.0 Å². The van der Waals surface area contributed by atoms with Gasteiger partial charge in [-0.1, -0.05) is 29.8 Å². The van der Waals surface area contributed by atoms with Gasteiger partial charge in [0.2, 0.25) is 0 Å². The highest BCUT2D eigenvalue weighted by atomic mass is 19.4. The van der Waals surface area contributed by atoms with E-state index in [2.05, 4.69) is 4.98 Å². The Morgan fingerprint density at radius 1 is 1.24 bits per heavy atom. The topological polar surface area (TPSA) is 42.1 Å². The number of ether oxygens (including phenoxy) is 1. The minimum Gasteiger partial charge on any atom is -0.461 e. The van der Waals surface area contributed by atoms with E-state index in [-0.39, 0.29) is 17.9 Å². The molecule has 1 aromatic carbocycles. The van der Waals surface area contributed by atoms with Gasteiger partial charge in [-0.15, -0.1) is 0 Å². The number of aryl methyl sites for hydroxylation is 1. The van der Waals surface area contributed by atoms with Gasteiger partial charge in [-0.2, -0.15) is 13.2 Å². The largest absolute Gasteiger partial charge is 0.461 e. The molecule has 0 aliphatic carbocycles. The number of rotatable bonds is 3.